The fraction of sp³-hybridized carbons (Fsp3) is 0.375. The predicted molar refractivity (Wildman–Crippen MR) is 168 cm³/mol. The summed E-state index contributed by atoms with van der Waals surface area (Å²) in [5.41, 5.74) is 4.88. The highest BCUT2D eigenvalue weighted by atomic mass is 35.5. The molecule has 260 valence electrons. The molecule has 2 saturated heterocycles. The molecule has 2 aliphatic heterocycles. The van der Waals surface area contributed by atoms with Gasteiger partial charge in [0.15, 0.2) is 0 Å². The lowest BCUT2D eigenvalue weighted by molar-refractivity contribution is -0.198. The van der Waals surface area contributed by atoms with Gasteiger partial charge in [-0.05, 0) is 67.0 Å². The Morgan fingerprint density at radius 3 is 2.37 bits per heavy atom. The van der Waals surface area contributed by atoms with Crippen molar-refractivity contribution in [2.45, 2.75) is 50.7 Å². The normalized spacial score (nSPS) is 18.5. The molecule has 10 nitrogen and oxygen atoms in total. The van der Waals surface area contributed by atoms with Gasteiger partial charge in [0.1, 0.15) is 11.9 Å². The number of piperidine rings is 1. The summed E-state index contributed by atoms with van der Waals surface area (Å²) in [7, 11) is 0. The van der Waals surface area contributed by atoms with Crippen molar-refractivity contribution in [1.29, 1.82) is 0 Å². The summed E-state index contributed by atoms with van der Waals surface area (Å²) >= 11 is 5.79. The molecule has 0 amide bonds. The summed E-state index contributed by atoms with van der Waals surface area (Å²) < 4.78 is 92.0. The van der Waals surface area contributed by atoms with Gasteiger partial charge in [0.2, 0.25) is 17.9 Å². The average Bonchev–Trinajstić information content (AvgIpc) is 3.65. The molecule has 0 aliphatic carbocycles. The molecule has 2 fully saturated rings. The van der Waals surface area contributed by atoms with Crippen molar-refractivity contribution >= 4 is 29.3 Å². The molecule has 2 atom stereocenters. The number of rotatable bonds is 7. The number of carbonyl (C=O) groups is 1. The van der Waals surface area contributed by atoms with E-state index in [0.717, 1.165) is 18.2 Å². The number of nitrogens with two attached hydrogens (primary N) is 1. The fourth-order valence-corrected chi connectivity index (χ4v) is 6.60. The van der Waals surface area contributed by atoms with Crippen LogP contribution in [0.25, 0.3) is 16.8 Å². The highest BCUT2D eigenvalue weighted by molar-refractivity contribution is 6.31. The van der Waals surface area contributed by atoms with Crippen LogP contribution in [-0.4, -0.2) is 62.7 Å². The van der Waals surface area contributed by atoms with E-state index in [-0.39, 0.29) is 39.6 Å². The third kappa shape index (κ3) is 7.25. The molecule has 0 bridgehead atoms. The highest BCUT2D eigenvalue weighted by Gasteiger charge is 2.46. The summed E-state index contributed by atoms with van der Waals surface area (Å²) in [6.45, 7) is 3.09. The van der Waals surface area contributed by atoms with Crippen LogP contribution < -0.4 is 20.7 Å². The van der Waals surface area contributed by atoms with E-state index >= 15 is 0 Å². The van der Waals surface area contributed by atoms with E-state index in [1.54, 1.807) is 13.0 Å². The van der Waals surface area contributed by atoms with Crippen molar-refractivity contribution in [2.75, 3.05) is 30.3 Å². The molecule has 4 N–H and O–H groups in total. The van der Waals surface area contributed by atoms with Crippen LogP contribution in [-0.2, 0) is 11.0 Å². The topological polar surface area (TPSA) is 131 Å². The summed E-state index contributed by atoms with van der Waals surface area (Å²) in [5.74, 6) is -1.42. The van der Waals surface area contributed by atoms with Crippen molar-refractivity contribution in [2.24, 2.45) is 5.41 Å². The zero-order chi connectivity index (χ0) is 35.3. The monoisotopic (exact) mass is 709 g/mol. The Morgan fingerprint density at radius 2 is 1.76 bits per heavy atom. The van der Waals surface area contributed by atoms with Crippen LogP contribution in [0, 0.1) is 12.3 Å². The molecular weight excluding hydrogens is 680 g/mol. The van der Waals surface area contributed by atoms with E-state index in [9.17, 15) is 36.2 Å². The van der Waals surface area contributed by atoms with Gasteiger partial charge in [0.05, 0.1) is 22.0 Å². The van der Waals surface area contributed by atoms with E-state index in [0.29, 0.717) is 44.6 Å². The van der Waals surface area contributed by atoms with E-state index in [1.165, 1.54) is 35.1 Å². The van der Waals surface area contributed by atoms with Gasteiger partial charge in [-0.3, -0.25) is 4.79 Å². The number of hydrogen-bond acceptors (Lipinski definition) is 8. The second-order valence-electron chi connectivity index (χ2n) is 12.3. The molecule has 2 aromatic carbocycles. The first-order valence-electron chi connectivity index (χ1n) is 15.1. The van der Waals surface area contributed by atoms with Crippen molar-refractivity contribution in [3.63, 3.8) is 0 Å². The summed E-state index contributed by atoms with van der Waals surface area (Å²) in [5, 5.41) is 16.2. The van der Waals surface area contributed by atoms with Crippen molar-refractivity contribution in [3.8, 4) is 22.7 Å². The van der Waals surface area contributed by atoms with E-state index in [2.05, 4.69) is 20.4 Å². The molecule has 4 heterocycles. The Morgan fingerprint density at radius 1 is 1.06 bits per heavy atom. The minimum atomic E-state index is -4.99. The van der Waals surface area contributed by atoms with Gasteiger partial charge < -0.3 is 25.8 Å². The average molecular weight is 710 g/mol. The number of nitrogen functional groups attached to an aromatic ring is 1. The first kappa shape index (κ1) is 34.3. The molecular formula is C32H30ClF6N7O3. The molecule has 2 aromatic heterocycles. The van der Waals surface area contributed by atoms with Crippen LogP contribution in [0.5, 0.6) is 5.88 Å². The first-order chi connectivity index (χ1) is 23.0. The number of aliphatic carboxylic acids is 1. The third-order valence-corrected chi connectivity index (χ3v) is 9.27. The Kier molecular flexibility index (Phi) is 8.90. The first-order valence-corrected chi connectivity index (χ1v) is 15.5. The number of aromatic nitrogens is 4. The Hall–Kier alpha value is -4.57. The molecule has 0 radical (unpaired) electrons. The Balaban J connectivity index is 1.33. The number of hydrogen-bond donors (Lipinski definition) is 3. The van der Waals surface area contributed by atoms with Crippen LogP contribution in [0.1, 0.15) is 42.2 Å². The lowest BCUT2D eigenvalue weighted by atomic mass is 9.76. The number of carboxylic acid groups (broad SMARTS) is 1. The quantitative estimate of drug-likeness (QED) is 0.182. The van der Waals surface area contributed by atoms with Gasteiger partial charge >= 0.3 is 18.3 Å². The summed E-state index contributed by atoms with van der Waals surface area (Å²) in [6, 6.07) is 9.11. The molecule has 17 heteroatoms. The number of nitrogens with one attached hydrogen (secondary N) is 1. The molecule has 1 spiro atoms. The number of ether oxygens (including phenoxy) is 1. The zero-order valence-electron chi connectivity index (χ0n) is 25.8. The molecule has 6 rings (SSSR count). The SMILES string of the molecule is Cc1ccn(-c2cc(-c3ccc(Cl)c(C(F)(F)F)c3)ccc2C(Oc2cc(N3CCC4(CC3)CN[C@H](C(=O)O)C4)nc(N)n2)C(F)(F)F)n1. The lowest BCUT2D eigenvalue weighted by Gasteiger charge is -2.39. The molecule has 0 saturated carbocycles. The minimum Gasteiger partial charge on any atom is -0.480 e. The molecule has 2 aliphatic rings. The van der Waals surface area contributed by atoms with Crippen LogP contribution >= 0.6 is 11.6 Å². The van der Waals surface area contributed by atoms with E-state index in [4.69, 9.17) is 22.1 Å². The van der Waals surface area contributed by atoms with Crippen LogP contribution in [0.15, 0.2) is 54.7 Å². The van der Waals surface area contributed by atoms with Crippen molar-refractivity contribution < 1.29 is 41.0 Å². The predicted octanol–water partition coefficient (Wildman–Crippen LogP) is 6.61. The third-order valence-electron chi connectivity index (χ3n) is 8.94. The second kappa shape index (κ2) is 12.7. The maximum Gasteiger partial charge on any atom is 0.429 e. The summed E-state index contributed by atoms with van der Waals surface area (Å²) in [6.07, 6.45) is -9.18. The van der Waals surface area contributed by atoms with Crippen LogP contribution in [0.3, 0.4) is 0 Å². The fourth-order valence-electron chi connectivity index (χ4n) is 6.38. The van der Waals surface area contributed by atoms with Crippen LogP contribution in [0.2, 0.25) is 5.02 Å². The van der Waals surface area contributed by atoms with E-state index in [1.807, 2.05) is 4.90 Å². The number of alkyl halides is 6. The van der Waals surface area contributed by atoms with Gasteiger partial charge in [-0.1, -0.05) is 29.8 Å². The maximum atomic E-state index is 14.8. The Labute approximate surface area is 280 Å². The lowest BCUT2D eigenvalue weighted by Crippen LogP contribution is -2.41. The standard InChI is InChI=1S/C32H30ClF6N7O3/c1-17-6-9-46(44-17)24-13-19(18-3-5-22(33)21(12-18)31(34,35)36)2-4-20(24)27(32(37,38)39)49-26-14-25(42-29(40)43-26)45-10-7-30(8-11-45)15-23(28(47)48)41-16-30/h2-6,9,12-14,23,27,41H,7-8,10-11,15-16H2,1H3,(H,47,48)(H2,40,42,43)/t23-,27?/m0/s1. The van der Waals surface area contributed by atoms with Gasteiger partial charge in [0, 0.05) is 37.5 Å². The van der Waals surface area contributed by atoms with Gasteiger partial charge in [-0.2, -0.15) is 41.4 Å². The molecule has 1 unspecified atom stereocenters. The number of nitrogens with zero attached hydrogens (tertiary/aromatic N) is 5. The molecule has 4 aromatic rings. The Bertz CT molecular complexity index is 1870. The van der Waals surface area contributed by atoms with Crippen molar-refractivity contribution in [3.05, 3.63) is 76.6 Å². The van der Waals surface area contributed by atoms with Gasteiger partial charge in [-0.25, -0.2) is 4.68 Å². The van der Waals surface area contributed by atoms with Crippen molar-refractivity contribution in [1.82, 2.24) is 25.1 Å². The smallest absolute Gasteiger partial charge is 0.429 e. The number of halogens is 7. The molecule has 49 heavy (non-hydrogen) atoms. The largest absolute Gasteiger partial charge is 0.480 e. The minimum absolute atomic E-state index is 0.0706. The number of carboxylic acids is 1. The second-order valence-corrected chi connectivity index (χ2v) is 12.7. The van der Waals surface area contributed by atoms with Crippen LogP contribution in [0.4, 0.5) is 38.1 Å². The highest BCUT2D eigenvalue weighted by Crippen LogP contribution is 2.43. The van der Waals surface area contributed by atoms with E-state index < -0.39 is 46.9 Å². The van der Waals surface area contributed by atoms with Gasteiger partial charge in [-0.15, -0.1) is 0 Å². The summed E-state index contributed by atoms with van der Waals surface area (Å²) in [4.78, 5) is 21.4. The number of benzene rings is 2. The number of aryl methyl sites for hydroxylation is 1. The van der Waals surface area contributed by atoms with Gasteiger partial charge in [0.25, 0.3) is 0 Å². The number of anilines is 2. The zero-order valence-corrected chi connectivity index (χ0v) is 26.6. The maximum absolute atomic E-state index is 14.8.